The molecular formula is C7H14O3. The van der Waals surface area contributed by atoms with Gasteiger partial charge in [-0.15, -0.1) is 0 Å². The summed E-state index contributed by atoms with van der Waals surface area (Å²) >= 11 is 0. The minimum absolute atomic E-state index is 0.522. The number of hydrogen-bond donors (Lipinski definition) is 0. The molecule has 10 heavy (non-hydrogen) atoms. The summed E-state index contributed by atoms with van der Waals surface area (Å²) in [6.07, 6.45) is 1.47. The molecule has 0 atom stereocenters. The van der Waals surface area contributed by atoms with Crippen LogP contribution in [0.15, 0.2) is 12.7 Å². The Balaban J connectivity index is 4.00. The number of hydrogen-bond acceptors (Lipinski definition) is 3. The van der Waals surface area contributed by atoms with Crippen LogP contribution in [0.5, 0.6) is 0 Å². The molecule has 0 saturated carbocycles. The fraction of sp³-hybridized carbons (Fsp3) is 0.714. The summed E-state index contributed by atoms with van der Waals surface area (Å²) in [5, 5.41) is 0. The molecule has 0 aromatic carbocycles. The van der Waals surface area contributed by atoms with Gasteiger partial charge in [-0.05, 0) is 13.0 Å². The van der Waals surface area contributed by atoms with E-state index in [2.05, 4.69) is 6.58 Å². The third kappa shape index (κ3) is 2.10. The number of rotatable bonds is 5. The van der Waals surface area contributed by atoms with Crippen LogP contribution < -0.4 is 0 Å². The first-order valence-corrected chi connectivity index (χ1v) is 3.12. The molecule has 0 bridgehead atoms. The van der Waals surface area contributed by atoms with Crippen LogP contribution >= 0.6 is 0 Å². The molecule has 0 heterocycles. The highest BCUT2D eigenvalue weighted by atomic mass is 16.9. The van der Waals surface area contributed by atoms with Gasteiger partial charge >= 0.3 is 5.97 Å². The lowest BCUT2D eigenvalue weighted by atomic mass is 10.5. The van der Waals surface area contributed by atoms with Gasteiger partial charge in [-0.2, -0.15) is 0 Å². The maximum absolute atomic E-state index is 5.11. The van der Waals surface area contributed by atoms with E-state index in [1.165, 1.54) is 20.3 Å². The highest BCUT2D eigenvalue weighted by molar-refractivity contribution is 4.80. The third-order valence-corrected chi connectivity index (χ3v) is 1.16. The molecule has 0 aliphatic rings. The zero-order chi connectivity index (χ0) is 8.04. The monoisotopic (exact) mass is 146 g/mol. The average molecular weight is 146 g/mol. The Hall–Kier alpha value is -0.380. The minimum Gasteiger partial charge on any atom is -0.327 e. The van der Waals surface area contributed by atoms with Gasteiger partial charge in [-0.1, -0.05) is 6.58 Å². The lowest BCUT2D eigenvalue weighted by Crippen LogP contribution is -2.34. The molecule has 0 aliphatic carbocycles. The topological polar surface area (TPSA) is 27.7 Å². The van der Waals surface area contributed by atoms with Crippen molar-refractivity contribution in [3.63, 3.8) is 0 Å². The quantitative estimate of drug-likeness (QED) is 0.430. The van der Waals surface area contributed by atoms with Gasteiger partial charge in [0.25, 0.3) is 0 Å². The second-order valence-corrected chi connectivity index (χ2v) is 1.65. The Morgan fingerprint density at radius 2 is 1.90 bits per heavy atom. The van der Waals surface area contributed by atoms with Gasteiger partial charge in [0.1, 0.15) is 0 Å². The van der Waals surface area contributed by atoms with Gasteiger partial charge in [0.15, 0.2) is 0 Å². The van der Waals surface area contributed by atoms with Crippen LogP contribution in [-0.4, -0.2) is 26.8 Å². The van der Waals surface area contributed by atoms with Gasteiger partial charge in [-0.25, -0.2) is 0 Å². The van der Waals surface area contributed by atoms with Crippen molar-refractivity contribution in [2.75, 3.05) is 20.8 Å². The largest absolute Gasteiger partial charge is 0.327 e. The maximum atomic E-state index is 5.11. The van der Waals surface area contributed by atoms with E-state index in [1.807, 2.05) is 6.92 Å². The van der Waals surface area contributed by atoms with Gasteiger partial charge < -0.3 is 14.2 Å². The molecule has 0 N–H and O–H groups in total. The Labute approximate surface area is 61.6 Å². The van der Waals surface area contributed by atoms with Gasteiger partial charge in [0, 0.05) is 20.8 Å². The van der Waals surface area contributed by atoms with E-state index < -0.39 is 5.97 Å². The highest BCUT2D eigenvalue weighted by Crippen LogP contribution is 2.13. The standard InChI is InChI=1S/C7H14O3/c1-5-7(8-3,9-4)10-6-2/h5H,1,6H2,2-4H3. The van der Waals surface area contributed by atoms with Crippen molar-refractivity contribution in [2.45, 2.75) is 12.9 Å². The van der Waals surface area contributed by atoms with Crippen molar-refractivity contribution < 1.29 is 14.2 Å². The predicted molar refractivity (Wildman–Crippen MR) is 38.6 cm³/mol. The summed E-state index contributed by atoms with van der Waals surface area (Å²) in [5.74, 6) is -1.06. The summed E-state index contributed by atoms with van der Waals surface area (Å²) < 4.78 is 14.9. The van der Waals surface area contributed by atoms with Crippen molar-refractivity contribution >= 4 is 0 Å². The van der Waals surface area contributed by atoms with Crippen LogP contribution in [0.4, 0.5) is 0 Å². The predicted octanol–water partition coefficient (Wildman–Crippen LogP) is 1.16. The maximum Gasteiger partial charge on any atom is 0.303 e. The molecule has 0 fully saturated rings. The Morgan fingerprint density at radius 1 is 1.40 bits per heavy atom. The van der Waals surface area contributed by atoms with Crippen molar-refractivity contribution in [3.8, 4) is 0 Å². The summed E-state index contributed by atoms with van der Waals surface area (Å²) in [7, 11) is 3.00. The van der Waals surface area contributed by atoms with Crippen molar-refractivity contribution in [1.82, 2.24) is 0 Å². The van der Waals surface area contributed by atoms with Crippen LogP contribution in [0, 0.1) is 0 Å². The lowest BCUT2D eigenvalue weighted by molar-refractivity contribution is -0.328. The summed E-state index contributed by atoms with van der Waals surface area (Å²) in [4.78, 5) is 0. The molecule has 3 heteroatoms. The average Bonchev–Trinajstić information content (AvgIpc) is 2.01. The van der Waals surface area contributed by atoms with E-state index >= 15 is 0 Å². The highest BCUT2D eigenvalue weighted by Gasteiger charge is 2.25. The van der Waals surface area contributed by atoms with E-state index in [0.29, 0.717) is 6.61 Å². The molecule has 0 amide bonds. The van der Waals surface area contributed by atoms with E-state index in [9.17, 15) is 0 Å². The van der Waals surface area contributed by atoms with Crippen LogP contribution in [0.2, 0.25) is 0 Å². The summed E-state index contributed by atoms with van der Waals surface area (Å²) in [6, 6.07) is 0. The fourth-order valence-electron chi connectivity index (χ4n) is 0.628. The van der Waals surface area contributed by atoms with Crippen LogP contribution in [0.25, 0.3) is 0 Å². The lowest BCUT2D eigenvalue weighted by Gasteiger charge is -2.25. The number of ether oxygens (including phenoxy) is 3. The van der Waals surface area contributed by atoms with Crippen LogP contribution in [0.1, 0.15) is 6.92 Å². The van der Waals surface area contributed by atoms with E-state index in [0.717, 1.165) is 0 Å². The van der Waals surface area contributed by atoms with Crippen molar-refractivity contribution in [1.29, 1.82) is 0 Å². The molecule has 3 nitrogen and oxygen atoms in total. The Bertz CT molecular complexity index is 97.0. The second kappa shape index (κ2) is 4.44. The Morgan fingerprint density at radius 3 is 2.00 bits per heavy atom. The van der Waals surface area contributed by atoms with Crippen LogP contribution in [0.3, 0.4) is 0 Å². The van der Waals surface area contributed by atoms with Gasteiger partial charge in [0.05, 0.1) is 0 Å². The fourth-order valence-corrected chi connectivity index (χ4v) is 0.628. The molecule has 0 aromatic rings. The number of methoxy groups -OCH3 is 2. The summed E-state index contributed by atoms with van der Waals surface area (Å²) in [5.41, 5.74) is 0. The van der Waals surface area contributed by atoms with E-state index in [4.69, 9.17) is 14.2 Å². The molecule has 0 aliphatic heterocycles. The molecule has 0 unspecified atom stereocenters. The zero-order valence-electron chi connectivity index (χ0n) is 6.72. The zero-order valence-corrected chi connectivity index (χ0v) is 6.72. The SMILES string of the molecule is C=CC(OC)(OC)OCC. The molecule has 0 rings (SSSR count). The van der Waals surface area contributed by atoms with Gasteiger partial charge in [0.2, 0.25) is 0 Å². The molecule has 0 saturated heterocycles. The normalized spacial score (nSPS) is 11.5. The minimum atomic E-state index is -1.06. The van der Waals surface area contributed by atoms with Crippen molar-refractivity contribution in [2.24, 2.45) is 0 Å². The molecule has 60 valence electrons. The van der Waals surface area contributed by atoms with Gasteiger partial charge in [-0.3, -0.25) is 0 Å². The first-order valence-electron chi connectivity index (χ1n) is 3.12. The smallest absolute Gasteiger partial charge is 0.303 e. The van der Waals surface area contributed by atoms with E-state index in [1.54, 1.807) is 0 Å². The van der Waals surface area contributed by atoms with Crippen LogP contribution in [-0.2, 0) is 14.2 Å². The van der Waals surface area contributed by atoms with Crippen molar-refractivity contribution in [3.05, 3.63) is 12.7 Å². The third-order valence-electron chi connectivity index (χ3n) is 1.16. The second-order valence-electron chi connectivity index (χ2n) is 1.65. The first-order chi connectivity index (χ1) is 4.74. The molecule has 0 spiro atoms. The first kappa shape index (κ1) is 9.62. The molecule has 0 radical (unpaired) electrons. The van der Waals surface area contributed by atoms with E-state index in [-0.39, 0.29) is 0 Å². The molecular weight excluding hydrogens is 132 g/mol. The summed E-state index contributed by atoms with van der Waals surface area (Å²) in [6.45, 7) is 5.90. The Kier molecular flexibility index (Phi) is 4.27. The molecule has 0 aromatic heterocycles.